The van der Waals surface area contributed by atoms with Crippen LogP contribution >= 0.6 is 45.2 Å². The first-order chi connectivity index (χ1) is 26.8. The normalized spacial score (nSPS) is 10.8. The van der Waals surface area contributed by atoms with Crippen LogP contribution in [0.25, 0.3) is 21.5 Å². The third kappa shape index (κ3) is 11.1. The van der Waals surface area contributed by atoms with Gasteiger partial charge in [0.25, 0.3) is 0 Å². The molecule has 291 valence electrons. The summed E-state index contributed by atoms with van der Waals surface area (Å²) in [5.41, 5.74) is 3.86. The monoisotopic (exact) mass is 1040 g/mol. The Morgan fingerprint density at radius 1 is 0.509 bits per heavy atom. The van der Waals surface area contributed by atoms with Gasteiger partial charge in [-0.2, -0.15) is 0 Å². The van der Waals surface area contributed by atoms with Gasteiger partial charge in [-0.3, -0.25) is 19.6 Å². The molecule has 13 heteroatoms. The van der Waals surface area contributed by atoms with Crippen LogP contribution < -0.4 is 10.2 Å². The minimum Gasteiger partial charge on any atom is -0.872 e. The van der Waals surface area contributed by atoms with Gasteiger partial charge in [0.15, 0.2) is 34.8 Å². The van der Waals surface area contributed by atoms with Crippen molar-refractivity contribution >= 4 is 102 Å². The summed E-state index contributed by atoms with van der Waals surface area (Å²) in [6.45, 7) is 3.05. The number of hydrogen-bond donors (Lipinski definition) is 0. The summed E-state index contributed by atoms with van der Waals surface area (Å²) in [4.78, 5) is 31.2. The zero-order valence-corrected chi connectivity index (χ0v) is 35.1. The van der Waals surface area contributed by atoms with E-state index in [9.17, 15) is 37.4 Å². The van der Waals surface area contributed by atoms with Crippen molar-refractivity contribution in [2.45, 2.75) is 13.8 Å². The van der Waals surface area contributed by atoms with Crippen molar-refractivity contribution < 1.29 is 54.4 Å². The number of carbonyl (C=O) groups excluding carboxylic acids is 2. The van der Waals surface area contributed by atoms with Crippen molar-refractivity contribution in [3.05, 3.63) is 174 Å². The second-order valence-corrected chi connectivity index (χ2v) is 14.2. The van der Waals surface area contributed by atoms with Crippen LogP contribution in [0.2, 0.25) is 0 Å². The van der Waals surface area contributed by atoms with Gasteiger partial charge in [-0.25, -0.2) is 17.6 Å². The van der Waals surface area contributed by atoms with Gasteiger partial charge in [0.2, 0.25) is 0 Å². The number of benzene rings is 7. The second-order valence-electron chi connectivity index (χ2n) is 12.0. The Hall–Kier alpha value is -4.96. The Morgan fingerprint density at radius 3 is 1.14 bits per heavy atom. The molecule has 0 aromatic heterocycles. The number of rotatable bonds is 6. The van der Waals surface area contributed by atoms with Crippen LogP contribution in [0.3, 0.4) is 0 Å². The third-order valence-corrected chi connectivity index (χ3v) is 10.1. The van der Waals surface area contributed by atoms with Crippen LogP contribution in [0.15, 0.2) is 131 Å². The zero-order chi connectivity index (χ0) is 40.5. The quantitative estimate of drug-likeness (QED) is 0.0315. The molecule has 0 saturated carbocycles. The summed E-state index contributed by atoms with van der Waals surface area (Å²) in [6, 6.07) is 36.2. The molecule has 0 aliphatic carbocycles. The molecule has 0 fully saturated rings. The maximum Gasteiger partial charge on any atom is 2.00 e. The Bertz CT molecular complexity index is 2390. The van der Waals surface area contributed by atoms with E-state index < -0.39 is 30.4 Å². The van der Waals surface area contributed by atoms with Crippen LogP contribution in [0.4, 0.5) is 28.9 Å². The molecular weight excluding hydrogens is 1010 g/mol. The molecule has 1 radical (unpaired) electrons. The largest absolute Gasteiger partial charge is 2.00 e. The van der Waals surface area contributed by atoms with Crippen LogP contribution in [0, 0.1) is 30.4 Å². The Kier molecular flexibility index (Phi) is 16.1. The number of nitrogens with zero attached hydrogens (tertiary/aromatic N) is 2. The predicted octanol–water partition coefficient (Wildman–Crippen LogP) is 11.2. The van der Waals surface area contributed by atoms with Gasteiger partial charge in [-0.05, 0) is 140 Å². The molecule has 0 bridgehead atoms. The van der Waals surface area contributed by atoms with Crippen molar-refractivity contribution in [2.24, 2.45) is 9.98 Å². The van der Waals surface area contributed by atoms with Crippen molar-refractivity contribution in [1.29, 1.82) is 0 Å². The molecule has 7 aromatic carbocycles. The van der Waals surface area contributed by atoms with E-state index in [1.807, 2.05) is 60.7 Å². The Labute approximate surface area is 363 Å². The molecule has 0 atom stereocenters. The fourth-order valence-electron chi connectivity index (χ4n) is 5.24. The standard InChI is InChI=1S/2C19H15NO2.C6F4I2.Cu/c2*1-13(21)14-6-9-16(10-7-14)20-12-18-17-5-3-2-4-15(17)8-11-19(18)22;7-1-2(8)6(12)4(10)3(9)5(1)11;/h2*2-12,22H,1H3;;/q;;;+2/p-2. The summed E-state index contributed by atoms with van der Waals surface area (Å²) in [5.74, 6) is -5.46. The molecule has 7 rings (SSSR count). The van der Waals surface area contributed by atoms with Crippen molar-refractivity contribution in [3.8, 4) is 11.5 Å². The van der Waals surface area contributed by atoms with Crippen molar-refractivity contribution in [2.75, 3.05) is 0 Å². The first-order valence-corrected chi connectivity index (χ1v) is 18.8. The number of hydrogen-bond acceptors (Lipinski definition) is 6. The van der Waals surface area contributed by atoms with Gasteiger partial charge in [0.1, 0.15) is 0 Å². The molecule has 6 nitrogen and oxygen atoms in total. The molecule has 0 saturated heterocycles. The van der Waals surface area contributed by atoms with Gasteiger partial charge in [-0.1, -0.05) is 84.3 Å². The number of halogens is 6. The summed E-state index contributed by atoms with van der Waals surface area (Å²) >= 11 is 2.41. The Morgan fingerprint density at radius 2 is 0.825 bits per heavy atom. The number of ketones is 2. The first kappa shape index (κ1) is 44.8. The van der Waals surface area contributed by atoms with Crippen LogP contribution in [-0.2, 0) is 17.1 Å². The average Bonchev–Trinajstić information content (AvgIpc) is 3.21. The van der Waals surface area contributed by atoms with Crippen molar-refractivity contribution in [1.82, 2.24) is 0 Å². The number of fused-ring (bicyclic) bond motifs is 2. The first-order valence-electron chi connectivity index (χ1n) is 16.6. The maximum atomic E-state index is 12.6. The van der Waals surface area contributed by atoms with E-state index in [2.05, 4.69) is 9.98 Å². The van der Waals surface area contributed by atoms with Gasteiger partial charge in [0.05, 0.1) is 18.5 Å². The third-order valence-electron chi connectivity index (χ3n) is 8.25. The predicted molar refractivity (Wildman–Crippen MR) is 226 cm³/mol. The topological polar surface area (TPSA) is 105 Å². The Balaban J connectivity index is 0.000000197. The molecule has 0 spiro atoms. The van der Waals surface area contributed by atoms with Crippen LogP contribution in [0.5, 0.6) is 11.5 Å². The fraction of sp³-hybridized carbons (Fsp3) is 0.0455. The van der Waals surface area contributed by atoms with Gasteiger partial charge >= 0.3 is 17.1 Å². The van der Waals surface area contributed by atoms with Crippen LogP contribution in [0.1, 0.15) is 45.7 Å². The smallest absolute Gasteiger partial charge is 0.872 e. The van der Waals surface area contributed by atoms with Gasteiger partial charge in [0, 0.05) is 23.6 Å². The van der Waals surface area contributed by atoms with E-state index in [1.165, 1.54) is 59.0 Å². The SMILES string of the molecule is CC(=O)c1ccc(N=Cc2c([O-])ccc3ccccc23)cc1.CC(=O)c1ccc(N=Cc2c([O-])ccc3ccccc23)cc1.Fc1c(F)c(I)c(F)c(F)c1I.[Cu+2]. The van der Waals surface area contributed by atoms with Gasteiger partial charge in [-0.15, -0.1) is 0 Å². The van der Waals surface area contributed by atoms with E-state index in [0.717, 1.165) is 21.5 Å². The molecule has 0 N–H and O–H groups in total. The van der Waals surface area contributed by atoms with Crippen molar-refractivity contribution in [3.63, 3.8) is 0 Å². The molecular formula is C44H28CuF4I2N2O4. The number of Topliss-reactive ketones (excluding diaryl/α,β-unsaturated/α-hetero) is 2. The summed E-state index contributed by atoms with van der Waals surface area (Å²) < 4.78 is 49.2. The molecule has 0 aliphatic rings. The molecule has 0 unspecified atom stereocenters. The summed E-state index contributed by atoms with van der Waals surface area (Å²) in [5, 5.41) is 27.9. The van der Waals surface area contributed by atoms with E-state index >= 15 is 0 Å². The maximum absolute atomic E-state index is 12.6. The summed E-state index contributed by atoms with van der Waals surface area (Å²) in [6.07, 6.45) is 3.18. The minimum atomic E-state index is -1.35. The molecule has 0 aliphatic heterocycles. The average molecular weight is 1040 g/mol. The van der Waals surface area contributed by atoms with E-state index in [1.54, 1.807) is 73.1 Å². The van der Waals surface area contributed by atoms with E-state index in [4.69, 9.17) is 0 Å². The molecule has 0 heterocycles. The summed E-state index contributed by atoms with van der Waals surface area (Å²) in [7, 11) is 0. The fourth-order valence-corrected chi connectivity index (χ4v) is 6.19. The van der Waals surface area contributed by atoms with E-state index in [0.29, 0.717) is 33.6 Å². The minimum absolute atomic E-state index is 0. The number of aliphatic imine (C=N–C) groups is 2. The molecule has 57 heavy (non-hydrogen) atoms. The molecule has 7 aromatic rings. The van der Waals surface area contributed by atoms with Gasteiger partial charge < -0.3 is 10.2 Å². The second kappa shape index (κ2) is 20.5. The molecule has 0 amide bonds. The van der Waals surface area contributed by atoms with Crippen LogP contribution in [-0.4, -0.2) is 24.0 Å². The van der Waals surface area contributed by atoms with E-state index in [-0.39, 0.29) is 40.1 Å². The zero-order valence-electron chi connectivity index (χ0n) is 29.8. The number of carbonyl (C=O) groups is 2.